The minimum atomic E-state index is -0.943. The van der Waals surface area contributed by atoms with E-state index in [4.69, 9.17) is 0 Å². The molecule has 0 spiro atoms. The molecule has 0 unspecified atom stereocenters. The molecule has 0 radical (unpaired) electrons. The molecule has 5 nitrogen and oxygen atoms in total. The molecule has 0 saturated heterocycles. The fraction of sp³-hybridized carbons (Fsp3) is 0.455. The number of imidazole rings is 1. The summed E-state index contributed by atoms with van der Waals surface area (Å²) in [6.07, 6.45) is 1.74. The van der Waals surface area contributed by atoms with Gasteiger partial charge in [0.1, 0.15) is 0 Å². The molecule has 0 aromatic carbocycles. The largest absolute Gasteiger partial charge is 0.476 e. The fourth-order valence-electron chi connectivity index (χ4n) is 1.87. The van der Waals surface area contributed by atoms with Gasteiger partial charge in [-0.15, -0.1) is 11.3 Å². The van der Waals surface area contributed by atoms with Gasteiger partial charge in [0.2, 0.25) is 0 Å². The molecule has 2 heterocycles. The number of carbonyl (C=O) groups is 1. The number of hydrogen-bond acceptors (Lipinski definition) is 4. The normalized spacial score (nSPS) is 11.3. The van der Waals surface area contributed by atoms with Crippen molar-refractivity contribution in [3.8, 4) is 0 Å². The highest BCUT2D eigenvalue weighted by atomic mass is 32.1. The third-order valence-corrected chi connectivity index (χ3v) is 3.20. The van der Waals surface area contributed by atoms with E-state index in [1.165, 1.54) is 11.3 Å². The molecule has 0 aliphatic heterocycles. The van der Waals surface area contributed by atoms with Crippen molar-refractivity contribution >= 4 is 28.1 Å². The van der Waals surface area contributed by atoms with Crippen LogP contribution in [0.25, 0.3) is 4.96 Å². The topological polar surface area (TPSA) is 57.8 Å². The maximum absolute atomic E-state index is 11.3. The first-order valence-electron chi connectivity index (χ1n) is 5.40. The summed E-state index contributed by atoms with van der Waals surface area (Å²) >= 11 is 1.44. The summed E-state index contributed by atoms with van der Waals surface area (Å²) < 4.78 is 1.62. The standard InChI is InChI=1S/C11H15N3O2S/c1-7(2)6-13(3)9-8(10(15)16)14-4-5-17-11(14)12-9/h4-5,7H,6H2,1-3H3,(H,15,16). The van der Waals surface area contributed by atoms with Crippen molar-refractivity contribution in [3.05, 3.63) is 17.3 Å². The molecule has 92 valence electrons. The zero-order valence-electron chi connectivity index (χ0n) is 10.0. The van der Waals surface area contributed by atoms with Crippen molar-refractivity contribution in [1.29, 1.82) is 0 Å². The number of rotatable bonds is 4. The van der Waals surface area contributed by atoms with E-state index in [0.29, 0.717) is 16.7 Å². The molecule has 0 aliphatic carbocycles. The summed E-state index contributed by atoms with van der Waals surface area (Å²) in [5.41, 5.74) is 0.240. The van der Waals surface area contributed by atoms with Crippen LogP contribution >= 0.6 is 11.3 Å². The number of aromatic carboxylic acids is 1. The van der Waals surface area contributed by atoms with Gasteiger partial charge in [0.15, 0.2) is 16.5 Å². The molecular weight excluding hydrogens is 238 g/mol. The predicted octanol–water partition coefficient (Wildman–Crippen LogP) is 2.19. The highest BCUT2D eigenvalue weighted by molar-refractivity contribution is 7.15. The lowest BCUT2D eigenvalue weighted by Gasteiger charge is -2.19. The molecule has 0 atom stereocenters. The molecular formula is C11H15N3O2S. The number of anilines is 1. The molecule has 1 N–H and O–H groups in total. The highest BCUT2D eigenvalue weighted by Crippen LogP contribution is 2.24. The lowest BCUT2D eigenvalue weighted by atomic mass is 10.2. The second kappa shape index (κ2) is 4.37. The van der Waals surface area contributed by atoms with E-state index in [1.807, 2.05) is 17.3 Å². The molecule has 0 bridgehead atoms. The lowest BCUT2D eigenvalue weighted by molar-refractivity contribution is 0.0690. The van der Waals surface area contributed by atoms with Crippen molar-refractivity contribution in [2.75, 3.05) is 18.5 Å². The summed E-state index contributed by atoms with van der Waals surface area (Å²) in [5.74, 6) is 0.0564. The maximum atomic E-state index is 11.3. The van der Waals surface area contributed by atoms with E-state index in [1.54, 1.807) is 10.6 Å². The van der Waals surface area contributed by atoms with Gasteiger partial charge in [0.25, 0.3) is 0 Å². The minimum absolute atomic E-state index is 0.240. The molecule has 2 aromatic heterocycles. The predicted molar refractivity (Wildman–Crippen MR) is 68.1 cm³/mol. The monoisotopic (exact) mass is 253 g/mol. The number of carboxylic acids is 1. The van der Waals surface area contributed by atoms with Gasteiger partial charge in [0.05, 0.1) is 0 Å². The summed E-state index contributed by atoms with van der Waals surface area (Å²) in [6.45, 7) is 4.97. The number of fused-ring (bicyclic) bond motifs is 1. The smallest absolute Gasteiger partial charge is 0.356 e. The van der Waals surface area contributed by atoms with Crippen LogP contribution in [-0.4, -0.2) is 34.1 Å². The number of hydrogen-bond donors (Lipinski definition) is 1. The van der Waals surface area contributed by atoms with Crippen LogP contribution in [0.2, 0.25) is 0 Å². The Hall–Kier alpha value is -1.56. The van der Waals surface area contributed by atoms with E-state index >= 15 is 0 Å². The van der Waals surface area contributed by atoms with Crippen LogP contribution in [0, 0.1) is 5.92 Å². The SMILES string of the molecule is CC(C)CN(C)c1nc2sccn2c1C(=O)O. The van der Waals surface area contributed by atoms with Gasteiger partial charge in [-0.2, -0.15) is 0 Å². The summed E-state index contributed by atoms with van der Waals surface area (Å²) in [4.78, 5) is 18.3. The Morgan fingerprint density at radius 1 is 1.65 bits per heavy atom. The number of thiazole rings is 1. The molecule has 2 rings (SSSR count). The van der Waals surface area contributed by atoms with Crippen LogP contribution < -0.4 is 4.90 Å². The first-order valence-corrected chi connectivity index (χ1v) is 6.28. The van der Waals surface area contributed by atoms with Gasteiger partial charge in [0, 0.05) is 25.2 Å². The molecule has 0 fully saturated rings. The fourth-order valence-corrected chi connectivity index (χ4v) is 2.58. The van der Waals surface area contributed by atoms with Crippen LogP contribution in [0.5, 0.6) is 0 Å². The van der Waals surface area contributed by atoms with E-state index < -0.39 is 5.97 Å². The van der Waals surface area contributed by atoms with E-state index in [0.717, 1.165) is 6.54 Å². The number of aromatic nitrogens is 2. The number of carboxylic acid groups (broad SMARTS) is 1. The Labute approximate surface area is 103 Å². The molecule has 0 amide bonds. The third kappa shape index (κ3) is 2.12. The summed E-state index contributed by atoms with van der Waals surface area (Å²) in [6, 6.07) is 0. The van der Waals surface area contributed by atoms with Crippen LogP contribution in [0.15, 0.2) is 11.6 Å². The Balaban J connectivity index is 2.48. The molecule has 2 aromatic rings. The van der Waals surface area contributed by atoms with Crippen LogP contribution in [-0.2, 0) is 0 Å². The van der Waals surface area contributed by atoms with Crippen molar-refractivity contribution in [3.63, 3.8) is 0 Å². The van der Waals surface area contributed by atoms with Gasteiger partial charge >= 0.3 is 5.97 Å². The second-order valence-electron chi connectivity index (χ2n) is 4.42. The number of nitrogens with zero attached hydrogens (tertiary/aromatic N) is 3. The van der Waals surface area contributed by atoms with Gasteiger partial charge in [-0.05, 0) is 5.92 Å². The average molecular weight is 253 g/mol. The van der Waals surface area contributed by atoms with Gasteiger partial charge < -0.3 is 10.0 Å². The van der Waals surface area contributed by atoms with Crippen LogP contribution in [0.3, 0.4) is 0 Å². The third-order valence-electron chi connectivity index (χ3n) is 2.45. The highest BCUT2D eigenvalue weighted by Gasteiger charge is 2.22. The van der Waals surface area contributed by atoms with Gasteiger partial charge in [-0.1, -0.05) is 13.8 Å². The van der Waals surface area contributed by atoms with Gasteiger partial charge in [-0.3, -0.25) is 4.40 Å². The summed E-state index contributed by atoms with van der Waals surface area (Å²) in [7, 11) is 1.87. The summed E-state index contributed by atoms with van der Waals surface area (Å²) in [5, 5.41) is 11.1. The van der Waals surface area contributed by atoms with Crippen molar-refractivity contribution < 1.29 is 9.90 Å². The zero-order chi connectivity index (χ0) is 12.6. The van der Waals surface area contributed by atoms with Crippen LogP contribution in [0.1, 0.15) is 24.3 Å². The first-order chi connectivity index (χ1) is 8.00. The second-order valence-corrected chi connectivity index (χ2v) is 5.29. The van der Waals surface area contributed by atoms with Crippen molar-refractivity contribution in [2.45, 2.75) is 13.8 Å². The molecule has 17 heavy (non-hydrogen) atoms. The Bertz CT molecular complexity index is 544. The quantitative estimate of drug-likeness (QED) is 0.907. The maximum Gasteiger partial charge on any atom is 0.356 e. The molecule has 0 saturated carbocycles. The van der Waals surface area contributed by atoms with E-state index in [2.05, 4.69) is 18.8 Å². The average Bonchev–Trinajstić information content (AvgIpc) is 2.72. The molecule has 6 heteroatoms. The zero-order valence-corrected chi connectivity index (χ0v) is 10.9. The van der Waals surface area contributed by atoms with Crippen molar-refractivity contribution in [1.82, 2.24) is 9.38 Å². The Kier molecular flexibility index (Phi) is 3.06. The minimum Gasteiger partial charge on any atom is -0.476 e. The van der Waals surface area contributed by atoms with E-state index in [9.17, 15) is 9.90 Å². The first kappa shape index (κ1) is 11.9. The molecule has 0 aliphatic rings. The lowest BCUT2D eigenvalue weighted by Crippen LogP contribution is -2.24. The van der Waals surface area contributed by atoms with E-state index in [-0.39, 0.29) is 5.69 Å². The van der Waals surface area contributed by atoms with Crippen molar-refractivity contribution in [2.24, 2.45) is 5.92 Å². The van der Waals surface area contributed by atoms with Gasteiger partial charge in [-0.25, -0.2) is 9.78 Å². The Morgan fingerprint density at radius 2 is 2.35 bits per heavy atom. The van der Waals surface area contributed by atoms with Crippen LogP contribution in [0.4, 0.5) is 5.82 Å². The Morgan fingerprint density at radius 3 is 2.94 bits per heavy atom.